The molecule has 0 unspecified atom stereocenters. The van der Waals surface area contributed by atoms with E-state index in [1.807, 2.05) is 50.2 Å². The predicted molar refractivity (Wildman–Crippen MR) is 113 cm³/mol. The quantitative estimate of drug-likeness (QED) is 0.658. The third kappa shape index (κ3) is 4.81. The van der Waals surface area contributed by atoms with Gasteiger partial charge in [-0.25, -0.2) is 0 Å². The van der Waals surface area contributed by atoms with Crippen molar-refractivity contribution >= 4 is 0 Å². The Balaban J connectivity index is 1.81. The van der Waals surface area contributed by atoms with Gasteiger partial charge in [0, 0.05) is 12.0 Å². The van der Waals surface area contributed by atoms with E-state index in [0.717, 1.165) is 11.1 Å². The highest BCUT2D eigenvalue weighted by Crippen LogP contribution is 2.41. The van der Waals surface area contributed by atoms with Crippen molar-refractivity contribution < 1.29 is 28.4 Å². The third-order valence-electron chi connectivity index (χ3n) is 4.84. The number of methoxy groups -OCH3 is 4. The van der Waals surface area contributed by atoms with Crippen LogP contribution >= 0.6 is 0 Å². The minimum absolute atomic E-state index is 0.217. The molecular formula is C24H28O6. The summed E-state index contributed by atoms with van der Waals surface area (Å²) in [6, 6.07) is 11.3. The monoisotopic (exact) mass is 412 g/mol. The molecule has 1 fully saturated rings. The van der Waals surface area contributed by atoms with Gasteiger partial charge >= 0.3 is 0 Å². The largest absolute Gasteiger partial charge is 0.493 e. The van der Waals surface area contributed by atoms with Gasteiger partial charge in [0.25, 0.3) is 0 Å². The van der Waals surface area contributed by atoms with E-state index in [4.69, 9.17) is 28.4 Å². The minimum Gasteiger partial charge on any atom is -0.493 e. The molecule has 2 aromatic rings. The van der Waals surface area contributed by atoms with Crippen LogP contribution in [0.1, 0.15) is 37.5 Å². The summed E-state index contributed by atoms with van der Waals surface area (Å²) >= 11 is 0. The van der Waals surface area contributed by atoms with Gasteiger partial charge in [-0.2, -0.15) is 0 Å². The van der Waals surface area contributed by atoms with Gasteiger partial charge in [0.15, 0.2) is 28.8 Å². The zero-order valence-electron chi connectivity index (χ0n) is 18.3. The van der Waals surface area contributed by atoms with Crippen LogP contribution in [0.15, 0.2) is 36.4 Å². The first-order chi connectivity index (χ1) is 14.4. The van der Waals surface area contributed by atoms with Crippen LogP contribution < -0.4 is 18.9 Å². The van der Waals surface area contributed by atoms with E-state index in [2.05, 4.69) is 11.8 Å². The molecule has 6 heteroatoms. The van der Waals surface area contributed by atoms with Gasteiger partial charge in [0.2, 0.25) is 0 Å². The first kappa shape index (κ1) is 21.8. The Bertz CT molecular complexity index is 940. The minimum atomic E-state index is -0.701. The molecule has 0 saturated carbocycles. The molecule has 2 atom stereocenters. The van der Waals surface area contributed by atoms with Crippen LogP contribution in [0.4, 0.5) is 0 Å². The highest BCUT2D eigenvalue weighted by molar-refractivity contribution is 5.48. The molecule has 0 bridgehead atoms. The fourth-order valence-electron chi connectivity index (χ4n) is 3.46. The van der Waals surface area contributed by atoms with Crippen molar-refractivity contribution in [3.63, 3.8) is 0 Å². The van der Waals surface area contributed by atoms with Gasteiger partial charge in [-0.1, -0.05) is 17.9 Å². The molecule has 3 rings (SSSR count). The molecular weight excluding hydrogens is 384 g/mol. The summed E-state index contributed by atoms with van der Waals surface area (Å²) in [5.74, 6) is 8.33. The van der Waals surface area contributed by atoms with E-state index < -0.39 is 5.79 Å². The highest BCUT2D eigenvalue weighted by Gasteiger charge is 2.41. The Morgan fingerprint density at radius 2 is 1.40 bits per heavy atom. The van der Waals surface area contributed by atoms with Crippen molar-refractivity contribution in [3.05, 3.63) is 47.5 Å². The molecule has 0 N–H and O–H groups in total. The van der Waals surface area contributed by atoms with Crippen molar-refractivity contribution in [1.29, 1.82) is 0 Å². The Labute approximate surface area is 178 Å². The molecule has 0 radical (unpaired) electrons. The highest BCUT2D eigenvalue weighted by atomic mass is 16.7. The summed E-state index contributed by atoms with van der Waals surface area (Å²) in [5, 5.41) is 0. The normalized spacial score (nSPS) is 19.5. The molecule has 1 aliphatic heterocycles. The fourth-order valence-corrected chi connectivity index (χ4v) is 3.46. The van der Waals surface area contributed by atoms with Crippen molar-refractivity contribution in [2.75, 3.05) is 28.4 Å². The number of hydrogen-bond donors (Lipinski definition) is 0. The van der Waals surface area contributed by atoms with Crippen LogP contribution in [0.2, 0.25) is 0 Å². The van der Waals surface area contributed by atoms with Crippen LogP contribution in [-0.4, -0.2) is 40.3 Å². The second-order valence-corrected chi connectivity index (χ2v) is 7.28. The molecule has 2 aromatic carbocycles. The molecule has 160 valence electrons. The molecule has 1 saturated heterocycles. The summed E-state index contributed by atoms with van der Waals surface area (Å²) in [6.45, 7) is 3.81. The SMILES string of the molecule is COc1ccc(C#CC[C@@H]2OC(C)(C)O[C@@H]2c2ccc(OC)c(OC)c2)cc1OC. The number of benzene rings is 2. The molecule has 0 spiro atoms. The molecule has 0 aliphatic carbocycles. The van der Waals surface area contributed by atoms with Crippen molar-refractivity contribution in [2.45, 2.75) is 38.3 Å². The average molecular weight is 412 g/mol. The summed E-state index contributed by atoms with van der Waals surface area (Å²) in [5.41, 5.74) is 1.80. The van der Waals surface area contributed by atoms with Crippen LogP contribution in [0, 0.1) is 11.8 Å². The lowest BCUT2D eigenvalue weighted by atomic mass is 10.0. The molecule has 30 heavy (non-hydrogen) atoms. The molecule has 0 amide bonds. The Morgan fingerprint density at radius 1 is 0.800 bits per heavy atom. The van der Waals surface area contributed by atoms with Crippen molar-refractivity contribution in [3.8, 4) is 34.8 Å². The van der Waals surface area contributed by atoms with E-state index in [1.165, 1.54) is 0 Å². The van der Waals surface area contributed by atoms with E-state index in [9.17, 15) is 0 Å². The first-order valence-electron chi connectivity index (χ1n) is 9.69. The summed E-state index contributed by atoms with van der Waals surface area (Å²) < 4.78 is 33.7. The average Bonchev–Trinajstić information content (AvgIpc) is 3.07. The Kier molecular flexibility index (Phi) is 6.76. The number of rotatable bonds is 6. The van der Waals surface area contributed by atoms with E-state index >= 15 is 0 Å². The fraction of sp³-hybridized carbons (Fsp3) is 0.417. The van der Waals surface area contributed by atoms with Gasteiger partial charge < -0.3 is 28.4 Å². The topological polar surface area (TPSA) is 55.4 Å². The van der Waals surface area contributed by atoms with Crippen LogP contribution in [0.5, 0.6) is 23.0 Å². The second-order valence-electron chi connectivity index (χ2n) is 7.28. The summed E-state index contributed by atoms with van der Waals surface area (Å²) in [6.07, 6.45) is 0.0295. The Morgan fingerprint density at radius 3 is 2.03 bits per heavy atom. The van der Waals surface area contributed by atoms with Crippen molar-refractivity contribution in [2.24, 2.45) is 0 Å². The van der Waals surface area contributed by atoms with Gasteiger partial charge in [-0.3, -0.25) is 0 Å². The van der Waals surface area contributed by atoms with Gasteiger partial charge in [0.05, 0.1) is 28.4 Å². The number of hydrogen-bond acceptors (Lipinski definition) is 6. The van der Waals surface area contributed by atoms with E-state index in [-0.39, 0.29) is 12.2 Å². The van der Waals surface area contributed by atoms with Gasteiger partial charge in [-0.05, 0) is 49.7 Å². The van der Waals surface area contributed by atoms with Crippen LogP contribution in [-0.2, 0) is 9.47 Å². The van der Waals surface area contributed by atoms with Gasteiger partial charge in [0.1, 0.15) is 12.2 Å². The third-order valence-corrected chi connectivity index (χ3v) is 4.84. The zero-order valence-corrected chi connectivity index (χ0v) is 18.3. The smallest absolute Gasteiger partial charge is 0.164 e. The molecule has 6 nitrogen and oxygen atoms in total. The first-order valence-corrected chi connectivity index (χ1v) is 9.69. The van der Waals surface area contributed by atoms with E-state index in [0.29, 0.717) is 29.4 Å². The maximum Gasteiger partial charge on any atom is 0.164 e. The standard InChI is InChI=1S/C24H28O6/c1-24(2)29-20(9-7-8-16-10-12-18(25-3)21(14-16)27-5)23(30-24)17-11-13-19(26-4)22(15-17)28-6/h10-15,20,23H,9H2,1-6H3/t20-,23+/m0/s1. The molecule has 0 aromatic heterocycles. The Hall–Kier alpha value is -2.88. The summed E-state index contributed by atoms with van der Waals surface area (Å²) in [4.78, 5) is 0. The molecule has 1 aliphatic rings. The predicted octanol–water partition coefficient (Wildman–Crippen LogP) is 4.36. The van der Waals surface area contributed by atoms with Crippen LogP contribution in [0.25, 0.3) is 0 Å². The lowest BCUT2D eigenvalue weighted by Gasteiger charge is -2.18. The van der Waals surface area contributed by atoms with Gasteiger partial charge in [-0.15, -0.1) is 0 Å². The van der Waals surface area contributed by atoms with Crippen molar-refractivity contribution in [1.82, 2.24) is 0 Å². The zero-order chi connectivity index (χ0) is 21.7. The number of ether oxygens (including phenoxy) is 6. The van der Waals surface area contributed by atoms with E-state index in [1.54, 1.807) is 28.4 Å². The van der Waals surface area contributed by atoms with Crippen LogP contribution in [0.3, 0.4) is 0 Å². The summed E-state index contributed by atoms with van der Waals surface area (Å²) in [7, 11) is 6.44. The lowest BCUT2D eigenvalue weighted by Crippen LogP contribution is -2.21. The maximum absolute atomic E-state index is 6.17. The lowest BCUT2D eigenvalue weighted by molar-refractivity contribution is -0.146. The molecule has 1 heterocycles. The second kappa shape index (κ2) is 9.29. The maximum atomic E-state index is 6.17.